The van der Waals surface area contributed by atoms with Gasteiger partial charge in [0.25, 0.3) is 5.91 Å². The molecule has 0 radical (unpaired) electrons. The summed E-state index contributed by atoms with van der Waals surface area (Å²) in [6.07, 6.45) is 0.193. The number of carbonyl (C=O) groups excluding carboxylic acids is 2. The second-order valence-electron chi connectivity index (χ2n) is 7.74. The summed E-state index contributed by atoms with van der Waals surface area (Å²) in [6, 6.07) is 0. The fourth-order valence-electron chi connectivity index (χ4n) is 1.81. The molecule has 0 saturated carbocycles. The molecular weight excluding hydrogens is 308 g/mol. The molecule has 1 rings (SSSR count). The monoisotopic (exact) mass is 338 g/mol. The number of rotatable bonds is 5. The van der Waals surface area contributed by atoms with E-state index in [1.807, 2.05) is 53.6 Å². The van der Waals surface area contributed by atoms with Gasteiger partial charge in [0.2, 0.25) is 0 Å². The molecule has 1 aliphatic rings. The molecule has 1 fully saturated rings. The predicted octanol–water partition coefficient (Wildman–Crippen LogP) is 1.29. The van der Waals surface area contributed by atoms with Crippen molar-refractivity contribution in [2.24, 2.45) is 0 Å². The molecule has 0 N–H and O–H groups in total. The first-order valence-electron chi connectivity index (χ1n) is 8.24. The Hall–Kier alpha value is -1.58. The third-order valence-corrected chi connectivity index (χ3v) is 3.81. The molecule has 0 atom stereocenters. The highest BCUT2D eigenvalue weighted by Crippen LogP contribution is 2.14. The smallest absolute Gasteiger partial charge is 0.308 e. The van der Waals surface area contributed by atoms with Crippen LogP contribution in [0.2, 0.25) is 0 Å². The number of carbonyl (C=O) groups is 2. The Labute approximate surface area is 145 Å². The van der Waals surface area contributed by atoms with Gasteiger partial charge in [0, 0.05) is 13.1 Å². The van der Waals surface area contributed by atoms with Gasteiger partial charge in [-0.1, -0.05) is 5.92 Å². The maximum atomic E-state index is 12.0. The van der Waals surface area contributed by atoms with Gasteiger partial charge in [-0.25, -0.2) is 0 Å². The third kappa shape index (κ3) is 6.90. The highest BCUT2D eigenvalue weighted by atomic mass is 16.6. The van der Waals surface area contributed by atoms with E-state index in [2.05, 4.69) is 11.8 Å². The quantitative estimate of drug-likeness (QED) is 0.558. The Morgan fingerprint density at radius 1 is 1.17 bits per heavy atom. The molecule has 1 saturated heterocycles. The zero-order chi connectivity index (χ0) is 18.5. The topological polar surface area (TPSA) is 59.1 Å². The summed E-state index contributed by atoms with van der Waals surface area (Å²) in [4.78, 5) is 27.2. The first kappa shape index (κ1) is 20.5. The van der Waals surface area contributed by atoms with Crippen molar-refractivity contribution in [3.63, 3.8) is 0 Å². The molecular formula is C18H30N2O4. The maximum absolute atomic E-state index is 12.0. The van der Waals surface area contributed by atoms with E-state index in [-0.39, 0.29) is 29.9 Å². The molecule has 6 heteroatoms. The van der Waals surface area contributed by atoms with Crippen LogP contribution in [-0.4, -0.2) is 72.7 Å². The molecule has 0 unspecified atom stereocenters. The molecule has 24 heavy (non-hydrogen) atoms. The van der Waals surface area contributed by atoms with E-state index in [1.54, 1.807) is 4.90 Å². The molecule has 1 aliphatic heterocycles. The molecule has 0 aromatic heterocycles. The molecule has 0 aromatic carbocycles. The van der Waals surface area contributed by atoms with Crippen molar-refractivity contribution in [3.8, 4) is 11.8 Å². The van der Waals surface area contributed by atoms with Crippen molar-refractivity contribution < 1.29 is 19.1 Å². The van der Waals surface area contributed by atoms with Gasteiger partial charge in [-0.05, 0) is 54.6 Å². The fraction of sp³-hybridized carbons (Fsp3) is 0.778. The van der Waals surface area contributed by atoms with Gasteiger partial charge < -0.3 is 14.4 Å². The average Bonchev–Trinajstić information content (AvgIpc) is 2.36. The van der Waals surface area contributed by atoms with Gasteiger partial charge in [0.1, 0.15) is 5.60 Å². The summed E-state index contributed by atoms with van der Waals surface area (Å²) >= 11 is 0. The molecule has 1 heterocycles. The second kappa shape index (κ2) is 8.00. The highest BCUT2D eigenvalue weighted by Gasteiger charge is 2.31. The Kier molecular flexibility index (Phi) is 6.82. The summed E-state index contributed by atoms with van der Waals surface area (Å²) in [5.74, 6) is 5.22. The highest BCUT2D eigenvalue weighted by molar-refractivity contribution is 5.94. The number of hydrogen-bond acceptors (Lipinski definition) is 5. The van der Waals surface area contributed by atoms with Crippen molar-refractivity contribution in [3.05, 3.63) is 0 Å². The molecule has 6 nitrogen and oxygen atoms in total. The second-order valence-corrected chi connectivity index (χ2v) is 7.74. The van der Waals surface area contributed by atoms with Crippen LogP contribution in [-0.2, 0) is 19.1 Å². The lowest BCUT2D eigenvalue weighted by atomic mass is 10.1. The van der Waals surface area contributed by atoms with E-state index in [4.69, 9.17) is 9.47 Å². The minimum atomic E-state index is -0.476. The normalized spacial score (nSPS) is 15.6. The van der Waals surface area contributed by atoms with Crippen LogP contribution in [0.3, 0.4) is 0 Å². The van der Waals surface area contributed by atoms with Crippen LogP contribution in [0.1, 0.15) is 41.0 Å². The van der Waals surface area contributed by atoms with Crippen molar-refractivity contribution in [2.75, 3.05) is 33.8 Å². The standard InChI is InChI=1S/C18H30N2O4/c1-17(2,3)24-16(22)9-11-23-14-12-20(13-14)15(21)8-10-18(4,5)19(6)7/h14H,9,11-13H2,1-7H3. The Morgan fingerprint density at radius 2 is 1.75 bits per heavy atom. The zero-order valence-corrected chi connectivity index (χ0v) is 15.9. The lowest BCUT2D eigenvalue weighted by Crippen LogP contribution is -2.54. The Morgan fingerprint density at radius 3 is 2.25 bits per heavy atom. The lowest BCUT2D eigenvalue weighted by molar-refractivity contribution is -0.158. The number of nitrogens with zero attached hydrogens (tertiary/aromatic N) is 2. The average molecular weight is 338 g/mol. The van der Waals surface area contributed by atoms with Gasteiger partial charge in [0.05, 0.1) is 24.7 Å². The largest absolute Gasteiger partial charge is 0.460 e. The minimum Gasteiger partial charge on any atom is -0.460 e. The van der Waals surface area contributed by atoms with Crippen LogP contribution in [0.15, 0.2) is 0 Å². The first-order valence-corrected chi connectivity index (χ1v) is 8.24. The van der Waals surface area contributed by atoms with Crippen LogP contribution in [0.5, 0.6) is 0 Å². The van der Waals surface area contributed by atoms with Crippen LogP contribution in [0.25, 0.3) is 0 Å². The van der Waals surface area contributed by atoms with Crippen LogP contribution in [0, 0.1) is 11.8 Å². The van der Waals surface area contributed by atoms with Crippen LogP contribution in [0.4, 0.5) is 0 Å². The molecule has 1 amide bonds. The minimum absolute atomic E-state index is 0.0277. The molecule has 0 aromatic rings. The SMILES string of the molecule is CN(C)C(C)(C)C#CC(=O)N1CC(OCCC(=O)OC(C)(C)C)C1. The van der Waals surface area contributed by atoms with Gasteiger partial charge >= 0.3 is 5.97 Å². The van der Waals surface area contributed by atoms with Gasteiger partial charge in [-0.3, -0.25) is 14.5 Å². The third-order valence-electron chi connectivity index (χ3n) is 3.81. The first-order chi connectivity index (χ1) is 10.9. The predicted molar refractivity (Wildman–Crippen MR) is 92.3 cm³/mol. The summed E-state index contributed by atoms with van der Waals surface area (Å²) in [6.45, 7) is 10.8. The number of amides is 1. The van der Waals surface area contributed by atoms with E-state index in [9.17, 15) is 9.59 Å². The summed E-state index contributed by atoms with van der Waals surface area (Å²) in [7, 11) is 3.86. The van der Waals surface area contributed by atoms with Gasteiger partial charge in [0.15, 0.2) is 0 Å². The van der Waals surface area contributed by atoms with E-state index >= 15 is 0 Å². The van der Waals surface area contributed by atoms with Crippen LogP contribution >= 0.6 is 0 Å². The molecule has 0 bridgehead atoms. The summed E-state index contributed by atoms with van der Waals surface area (Å²) in [5, 5.41) is 0. The molecule has 0 aliphatic carbocycles. The summed E-state index contributed by atoms with van der Waals surface area (Å²) < 4.78 is 10.8. The van der Waals surface area contributed by atoms with Crippen molar-refractivity contribution in [2.45, 2.75) is 58.3 Å². The maximum Gasteiger partial charge on any atom is 0.308 e. The van der Waals surface area contributed by atoms with Crippen molar-refractivity contribution in [1.29, 1.82) is 0 Å². The number of esters is 1. The van der Waals surface area contributed by atoms with Crippen molar-refractivity contribution in [1.82, 2.24) is 9.80 Å². The Balaban J connectivity index is 2.26. The molecule has 0 spiro atoms. The van der Waals surface area contributed by atoms with E-state index in [0.29, 0.717) is 19.7 Å². The number of likely N-dealkylation sites (tertiary alicyclic amines) is 1. The van der Waals surface area contributed by atoms with Crippen molar-refractivity contribution >= 4 is 11.9 Å². The van der Waals surface area contributed by atoms with E-state index < -0.39 is 5.60 Å². The van der Waals surface area contributed by atoms with E-state index in [1.165, 1.54) is 0 Å². The fourth-order valence-corrected chi connectivity index (χ4v) is 1.81. The van der Waals surface area contributed by atoms with Gasteiger partial charge in [-0.2, -0.15) is 0 Å². The number of hydrogen-bond donors (Lipinski definition) is 0. The van der Waals surface area contributed by atoms with Crippen LogP contribution < -0.4 is 0 Å². The van der Waals surface area contributed by atoms with Gasteiger partial charge in [-0.15, -0.1) is 0 Å². The zero-order valence-electron chi connectivity index (χ0n) is 15.9. The number of ether oxygens (including phenoxy) is 2. The van der Waals surface area contributed by atoms with E-state index in [0.717, 1.165) is 0 Å². The Bertz CT molecular complexity index is 517. The molecule has 136 valence electrons. The lowest BCUT2D eigenvalue weighted by Gasteiger charge is -2.37. The summed E-state index contributed by atoms with van der Waals surface area (Å²) in [5.41, 5.74) is -0.820.